The molecule has 0 spiro atoms. The molecule has 1 heterocycles. The largest absolute Gasteiger partial charge is 0.324 e. The van der Waals surface area contributed by atoms with E-state index in [2.05, 4.69) is 55.1 Å². The Morgan fingerprint density at radius 1 is 1.22 bits per heavy atom. The average molecular weight is 260 g/mol. The maximum atomic E-state index is 4.83. The molecule has 18 heavy (non-hydrogen) atoms. The standard InChI is InChI=1S/C15H20N2S/c1-4-5-9-17-10-11-18-15(17)16-14-12(2)7-6-8-13(14)3/h6-8,10-11H,4-5,9H2,1-3H3. The molecule has 0 radical (unpaired) electrons. The molecule has 0 bridgehead atoms. The molecule has 0 aliphatic carbocycles. The molecule has 3 heteroatoms. The molecule has 96 valence electrons. The molecule has 0 unspecified atom stereocenters. The predicted molar refractivity (Wildman–Crippen MR) is 78.4 cm³/mol. The summed E-state index contributed by atoms with van der Waals surface area (Å²) in [5.74, 6) is 0. The van der Waals surface area contributed by atoms with Gasteiger partial charge in [-0.1, -0.05) is 31.5 Å². The lowest BCUT2D eigenvalue weighted by Gasteiger charge is -2.04. The highest BCUT2D eigenvalue weighted by atomic mass is 32.1. The normalized spacial score (nSPS) is 12.1. The molecule has 0 amide bonds. The Kier molecular flexibility index (Phi) is 4.37. The van der Waals surface area contributed by atoms with Gasteiger partial charge in [0.25, 0.3) is 0 Å². The van der Waals surface area contributed by atoms with Crippen LogP contribution in [0.2, 0.25) is 0 Å². The Morgan fingerprint density at radius 3 is 2.61 bits per heavy atom. The van der Waals surface area contributed by atoms with E-state index in [0.717, 1.165) is 17.0 Å². The van der Waals surface area contributed by atoms with Crippen molar-refractivity contribution in [3.63, 3.8) is 0 Å². The fourth-order valence-electron chi connectivity index (χ4n) is 1.96. The summed E-state index contributed by atoms with van der Waals surface area (Å²) in [7, 11) is 0. The van der Waals surface area contributed by atoms with E-state index in [1.165, 1.54) is 24.0 Å². The molecule has 0 fully saturated rings. The average Bonchev–Trinajstić information content (AvgIpc) is 2.79. The second-order valence-corrected chi connectivity index (χ2v) is 5.46. The van der Waals surface area contributed by atoms with Crippen molar-refractivity contribution in [1.82, 2.24) is 4.57 Å². The molecule has 0 saturated carbocycles. The third-order valence-corrected chi connectivity index (χ3v) is 3.85. The molecule has 0 saturated heterocycles. The molecular formula is C15H20N2S. The molecule has 0 aliphatic rings. The zero-order valence-corrected chi connectivity index (χ0v) is 12.1. The van der Waals surface area contributed by atoms with Gasteiger partial charge in [0.15, 0.2) is 4.80 Å². The zero-order chi connectivity index (χ0) is 13.0. The summed E-state index contributed by atoms with van der Waals surface area (Å²) in [5.41, 5.74) is 3.60. The maximum absolute atomic E-state index is 4.83. The number of aromatic nitrogens is 1. The van der Waals surface area contributed by atoms with Crippen LogP contribution in [-0.2, 0) is 6.54 Å². The van der Waals surface area contributed by atoms with Crippen LogP contribution in [0.25, 0.3) is 0 Å². The van der Waals surface area contributed by atoms with Crippen molar-refractivity contribution in [2.45, 2.75) is 40.2 Å². The highest BCUT2D eigenvalue weighted by Crippen LogP contribution is 2.22. The number of para-hydroxylation sites is 1. The Labute approximate surface area is 113 Å². The first-order chi connectivity index (χ1) is 8.72. The highest BCUT2D eigenvalue weighted by Gasteiger charge is 2.01. The summed E-state index contributed by atoms with van der Waals surface area (Å²) in [5, 5.41) is 2.11. The van der Waals surface area contributed by atoms with Gasteiger partial charge in [-0.3, -0.25) is 0 Å². The van der Waals surface area contributed by atoms with Gasteiger partial charge in [0, 0.05) is 18.1 Å². The van der Waals surface area contributed by atoms with Crippen molar-refractivity contribution in [2.75, 3.05) is 0 Å². The second kappa shape index (κ2) is 6.01. The fraction of sp³-hybridized carbons (Fsp3) is 0.400. The number of hydrogen-bond donors (Lipinski definition) is 0. The van der Waals surface area contributed by atoms with E-state index in [-0.39, 0.29) is 0 Å². The number of unbranched alkanes of at least 4 members (excludes halogenated alkanes) is 1. The van der Waals surface area contributed by atoms with Crippen LogP contribution < -0.4 is 4.80 Å². The molecule has 1 aromatic carbocycles. The first kappa shape index (κ1) is 13.1. The van der Waals surface area contributed by atoms with Crippen LogP contribution in [0.3, 0.4) is 0 Å². The fourth-order valence-corrected chi connectivity index (χ4v) is 2.72. The third kappa shape index (κ3) is 2.91. The van der Waals surface area contributed by atoms with Crippen molar-refractivity contribution in [2.24, 2.45) is 4.99 Å². The summed E-state index contributed by atoms with van der Waals surface area (Å²) in [4.78, 5) is 5.93. The lowest BCUT2D eigenvalue weighted by molar-refractivity contribution is 0.618. The minimum Gasteiger partial charge on any atom is -0.324 e. The van der Waals surface area contributed by atoms with Crippen LogP contribution in [0.5, 0.6) is 0 Å². The van der Waals surface area contributed by atoms with Crippen molar-refractivity contribution in [1.29, 1.82) is 0 Å². The van der Waals surface area contributed by atoms with Crippen LogP contribution >= 0.6 is 11.3 Å². The topological polar surface area (TPSA) is 17.3 Å². The summed E-state index contributed by atoms with van der Waals surface area (Å²) in [6.07, 6.45) is 4.55. The first-order valence-corrected chi connectivity index (χ1v) is 7.35. The van der Waals surface area contributed by atoms with Crippen LogP contribution in [-0.4, -0.2) is 4.57 Å². The molecule has 0 N–H and O–H groups in total. The van der Waals surface area contributed by atoms with Crippen LogP contribution in [0.15, 0.2) is 34.8 Å². The van der Waals surface area contributed by atoms with Gasteiger partial charge >= 0.3 is 0 Å². The molecule has 2 aromatic rings. The van der Waals surface area contributed by atoms with E-state index >= 15 is 0 Å². The third-order valence-electron chi connectivity index (χ3n) is 3.06. The van der Waals surface area contributed by atoms with E-state index in [0.29, 0.717) is 0 Å². The summed E-state index contributed by atoms with van der Waals surface area (Å²) in [6, 6.07) is 6.33. The number of hydrogen-bond acceptors (Lipinski definition) is 2. The number of benzene rings is 1. The lowest BCUT2D eigenvalue weighted by Crippen LogP contribution is -2.13. The van der Waals surface area contributed by atoms with Gasteiger partial charge in [0.2, 0.25) is 0 Å². The van der Waals surface area contributed by atoms with E-state index < -0.39 is 0 Å². The Bertz CT molecular complexity index is 558. The van der Waals surface area contributed by atoms with Gasteiger partial charge in [-0.2, -0.15) is 0 Å². The molecule has 0 atom stereocenters. The maximum Gasteiger partial charge on any atom is 0.189 e. The Balaban J connectivity index is 2.41. The van der Waals surface area contributed by atoms with Crippen molar-refractivity contribution >= 4 is 17.0 Å². The Hall–Kier alpha value is -1.35. The molecule has 2 rings (SSSR count). The van der Waals surface area contributed by atoms with E-state index in [1.54, 1.807) is 11.3 Å². The smallest absolute Gasteiger partial charge is 0.189 e. The van der Waals surface area contributed by atoms with E-state index in [9.17, 15) is 0 Å². The van der Waals surface area contributed by atoms with E-state index in [1.807, 2.05) is 0 Å². The van der Waals surface area contributed by atoms with Crippen molar-refractivity contribution in [3.8, 4) is 0 Å². The van der Waals surface area contributed by atoms with Gasteiger partial charge in [-0.15, -0.1) is 11.3 Å². The monoisotopic (exact) mass is 260 g/mol. The number of aryl methyl sites for hydroxylation is 3. The van der Waals surface area contributed by atoms with Crippen LogP contribution in [0.1, 0.15) is 30.9 Å². The number of thiazole rings is 1. The SMILES string of the molecule is CCCCn1ccsc1=Nc1c(C)cccc1C. The lowest BCUT2D eigenvalue weighted by atomic mass is 10.1. The second-order valence-electron chi connectivity index (χ2n) is 4.58. The summed E-state index contributed by atoms with van der Waals surface area (Å²) >= 11 is 1.71. The van der Waals surface area contributed by atoms with Crippen molar-refractivity contribution in [3.05, 3.63) is 45.7 Å². The minimum absolute atomic E-state index is 1.06. The number of nitrogens with zero attached hydrogens (tertiary/aromatic N) is 2. The summed E-state index contributed by atoms with van der Waals surface area (Å²) < 4.78 is 2.25. The number of rotatable bonds is 4. The Morgan fingerprint density at radius 2 is 1.94 bits per heavy atom. The van der Waals surface area contributed by atoms with Crippen LogP contribution in [0, 0.1) is 13.8 Å². The van der Waals surface area contributed by atoms with Gasteiger partial charge in [-0.25, -0.2) is 4.99 Å². The minimum atomic E-state index is 1.06. The van der Waals surface area contributed by atoms with E-state index in [4.69, 9.17) is 4.99 Å². The van der Waals surface area contributed by atoms with Gasteiger partial charge in [0.1, 0.15) is 0 Å². The van der Waals surface area contributed by atoms with Crippen molar-refractivity contribution < 1.29 is 0 Å². The van der Waals surface area contributed by atoms with Gasteiger partial charge < -0.3 is 4.57 Å². The predicted octanol–water partition coefficient (Wildman–Crippen LogP) is 4.20. The molecular weight excluding hydrogens is 240 g/mol. The van der Waals surface area contributed by atoms with Crippen LogP contribution in [0.4, 0.5) is 5.69 Å². The first-order valence-electron chi connectivity index (χ1n) is 6.47. The molecule has 1 aromatic heterocycles. The molecule has 2 nitrogen and oxygen atoms in total. The summed E-state index contributed by atoms with van der Waals surface area (Å²) in [6.45, 7) is 7.52. The zero-order valence-electron chi connectivity index (χ0n) is 11.3. The highest BCUT2D eigenvalue weighted by molar-refractivity contribution is 7.07. The van der Waals surface area contributed by atoms with Gasteiger partial charge in [-0.05, 0) is 31.4 Å². The quantitative estimate of drug-likeness (QED) is 0.784. The molecule has 0 aliphatic heterocycles. The van der Waals surface area contributed by atoms with Gasteiger partial charge in [0.05, 0.1) is 5.69 Å².